The molecule has 2 N–H and O–H groups in total. The topological polar surface area (TPSA) is 40.5 Å². The molecule has 0 aliphatic heterocycles. The molecule has 3 aromatic carbocycles. The summed E-state index contributed by atoms with van der Waals surface area (Å²) in [5, 5.41) is 18.9. The third-order valence-corrected chi connectivity index (χ3v) is 2.53. The Morgan fingerprint density at radius 2 is 1.14 bits per heavy atom. The Hall–Kier alpha value is -2.36. The molecule has 0 unspecified atom stereocenters. The van der Waals surface area contributed by atoms with Crippen LogP contribution in [0.2, 0.25) is 0 Å². The lowest BCUT2D eigenvalue weighted by Gasteiger charge is -2.07. The normalized spacial score (nSPS) is 19.0. The Morgan fingerprint density at radius 3 is 1.71 bits per heavy atom. The molecule has 0 atom stereocenters. The second-order valence-corrected chi connectivity index (χ2v) is 3.91. The molecule has 0 amide bonds. The van der Waals surface area contributed by atoms with Crippen molar-refractivity contribution in [3.8, 4) is 22.3 Å². The number of hydrogen-bond donors (Lipinski definition) is 2. The highest BCUT2D eigenvalue weighted by atomic mass is 16.4. The van der Waals surface area contributed by atoms with E-state index in [0.717, 1.165) is 0 Å². The summed E-state index contributed by atoms with van der Waals surface area (Å²) in [7, 11) is -2.35. The fourth-order valence-electron chi connectivity index (χ4n) is 1.55. The molecule has 0 saturated heterocycles. The van der Waals surface area contributed by atoms with E-state index in [1.807, 2.05) is 0 Å². The van der Waals surface area contributed by atoms with Gasteiger partial charge in [0.1, 0.15) is 0 Å². The van der Waals surface area contributed by atoms with Crippen LogP contribution in [-0.2, 0) is 0 Å². The van der Waals surface area contributed by atoms with Crippen molar-refractivity contribution in [2.75, 3.05) is 0 Å². The van der Waals surface area contributed by atoms with Gasteiger partial charge in [-0.15, -0.1) is 0 Å². The Bertz CT molecular complexity index is 1320. The lowest BCUT2D eigenvalue weighted by atomic mass is 9.80. The second kappa shape index (κ2) is 5.96. The minimum atomic E-state index is -2.35. The van der Waals surface area contributed by atoms with Gasteiger partial charge in [-0.2, -0.15) is 0 Å². The first-order valence-corrected chi connectivity index (χ1v) is 5.81. The van der Waals surface area contributed by atoms with Crippen LogP contribution in [-0.4, -0.2) is 17.2 Å². The lowest BCUT2D eigenvalue weighted by Crippen LogP contribution is -2.29. The largest absolute Gasteiger partial charge is 0.488 e. The molecule has 2 nitrogen and oxygen atoms in total. The van der Waals surface area contributed by atoms with Gasteiger partial charge < -0.3 is 10.0 Å². The first-order chi connectivity index (χ1) is 15.7. The molecule has 3 heteroatoms. The van der Waals surface area contributed by atoms with Crippen LogP contribution in [0.1, 0.15) is 17.8 Å². The Balaban J connectivity index is 2.58. The zero-order chi connectivity index (χ0) is 26.0. The summed E-state index contributed by atoms with van der Waals surface area (Å²) in [5.74, 6) is 0. The predicted molar refractivity (Wildman–Crippen MR) is 87.1 cm³/mol. The molecule has 0 fully saturated rings. The van der Waals surface area contributed by atoms with E-state index in [4.69, 9.17) is 17.8 Å². The van der Waals surface area contributed by atoms with Gasteiger partial charge in [-0.25, -0.2) is 0 Å². The summed E-state index contributed by atoms with van der Waals surface area (Å²) in [6.45, 7) is 0. The number of hydrogen-bond acceptors (Lipinski definition) is 2. The molecule has 0 saturated carbocycles. The maximum atomic E-state index is 9.44. The van der Waals surface area contributed by atoms with Crippen molar-refractivity contribution >= 4 is 12.6 Å². The van der Waals surface area contributed by atoms with Crippen LogP contribution in [0.25, 0.3) is 22.3 Å². The Labute approximate surface area is 142 Å². The molecule has 0 radical (unpaired) electrons. The van der Waals surface area contributed by atoms with Gasteiger partial charge in [-0.3, -0.25) is 0 Å². The van der Waals surface area contributed by atoms with Crippen LogP contribution in [0.4, 0.5) is 0 Å². The fraction of sp³-hybridized carbons (Fsp3) is 0. The molecular formula is C18H15BO2. The van der Waals surface area contributed by atoms with Gasteiger partial charge in [-0.1, -0.05) is 72.5 Å². The second-order valence-electron chi connectivity index (χ2n) is 3.91. The van der Waals surface area contributed by atoms with E-state index in [9.17, 15) is 10.0 Å². The van der Waals surface area contributed by atoms with E-state index in [-0.39, 0.29) is 0 Å². The first-order valence-electron chi connectivity index (χ1n) is 12.3. The molecule has 0 spiro atoms. The summed E-state index contributed by atoms with van der Waals surface area (Å²) in [4.78, 5) is 0. The highest BCUT2D eigenvalue weighted by Crippen LogP contribution is 2.25. The van der Waals surface area contributed by atoms with Crippen molar-refractivity contribution in [3.05, 3.63) is 78.6 Å². The van der Waals surface area contributed by atoms with E-state index < -0.39 is 113 Å². The Kier molecular flexibility index (Phi) is 1.45. The van der Waals surface area contributed by atoms with Crippen LogP contribution in [0, 0.1) is 0 Å². The van der Waals surface area contributed by atoms with E-state index in [2.05, 4.69) is 0 Å². The van der Waals surface area contributed by atoms with Crippen molar-refractivity contribution in [2.24, 2.45) is 0 Å². The average molecular weight is 287 g/mol. The van der Waals surface area contributed by atoms with Crippen LogP contribution >= 0.6 is 0 Å². The standard InChI is InChI=1S/C18H15BO2/c20-19(21)18-11-9-15(10-12-18)17-8-4-7-16(13-17)14-5-2-1-3-6-14/h1-13,20-21H/i1D,2D,3D,4D,5D,6D,7D,8D,9D,10D,11D,12D,13D. The van der Waals surface area contributed by atoms with Crippen molar-refractivity contribution in [1.29, 1.82) is 0 Å². The molecule has 102 valence electrons. The third kappa shape index (κ3) is 3.05. The van der Waals surface area contributed by atoms with Crippen molar-refractivity contribution in [3.63, 3.8) is 0 Å². The molecule has 0 bridgehead atoms. The maximum absolute atomic E-state index is 9.44. The lowest BCUT2D eigenvalue weighted by molar-refractivity contribution is 0.426. The van der Waals surface area contributed by atoms with Crippen molar-refractivity contribution in [2.45, 2.75) is 0 Å². The zero-order valence-electron chi connectivity index (χ0n) is 23.5. The predicted octanol–water partition coefficient (Wildman–Crippen LogP) is 2.70. The maximum Gasteiger partial charge on any atom is 0.488 e. The van der Waals surface area contributed by atoms with Gasteiger partial charge in [-0.05, 0) is 33.8 Å². The zero-order valence-corrected chi connectivity index (χ0v) is 10.5. The number of benzene rings is 3. The van der Waals surface area contributed by atoms with Crippen LogP contribution in [0.5, 0.6) is 0 Å². The molecule has 3 rings (SSSR count). The Morgan fingerprint density at radius 1 is 0.619 bits per heavy atom. The molecule has 3 aromatic rings. The average Bonchev–Trinajstić information content (AvgIpc) is 2.78. The third-order valence-electron chi connectivity index (χ3n) is 2.53. The van der Waals surface area contributed by atoms with Crippen molar-refractivity contribution < 1.29 is 27.9 Å². The SMILES string of the molecule is [2H]c1c([2H])c([2H])c(-c2c([2H])c([2H])c([2H])c(-c3c([2H])c([2H])c(B(O)O)c([2H])c3[2H])c2[2H])c([2H])c1[2H]. The van der Waals surface area contributed by atoms with E-state index in [1.165, 1.54) is 0 Å². The monoisotopic (exact) mass is 287 g/mol. The smallest absolute Gasteiger partial charge is 0.423 e. The fourth-order valence-corrected chi connectivity index (χ4v) is 1.55. The van der Waals surface area contributed by atoms with Gasteiger partial charge in [0.25, 0.3) is 0 Å². The minimum absolute atomic E-state index is 0.589. The summed E-state index contributed by atoms with van der Waals surface area (Å²) < 4.78 is 106. The number of rotatable bonds is 3. The first kappa shape index (κ1) is 5.13. The minimum Gasteiger partial charge on any atom is -0.423 e. The van der Waals surface area contributed by atoms with Gasteiger partial charge in [0.15, 0.2) is 0 Å². The van der Waals surface area contributed by atoms with Crippen LogP contribution in [0.3, 0.4) is 0 Å². The summed E-state index contributed by atoms with van der Waals surface area (Å²) in [5.41, 5.74) is -3.23. The van der Waals surface area contributed by atoms with Crippen LogP contribution in [0.15, 0.2) is 78.6 Å². The molecule has 0 aliphatic rings. The molecule has 21 heavy (non-hydrogen) atoms. The summed E-state index contributed by atoms with van der Waals surface area (Å²) in [6, 6.07) is -10.5. The van der Waals surface area contributed by atoms with Gasteiger partial charge in [0.05, 0.1) is 17.8 Å². The molecular weight excluding hydrogens is 259 g/mol. The highest BCUT2D eigenvalue weighted by Gasteiger charge is 2.10. The van der Waals surface area contributed by atoms with Crippen LogP contribution < -0.4 is 5.46 Å². The molecule has 0 aromatic heterocycles. The molecule has 0 aliphatic carbocycles. The van der Waals surface area contributed by atoms with E-state index >= 15 is 0 Å². The summed E-state index contributed by atoms with van der Waals surface area (Å²) >= 11 is 0. The summed E-state index contributed by atoms with van der Waals surface area (Å²) in [6.07, 6.45) is 0. The van der Waals surface area contributed by atoms with E-state index in [1.54, 1.807) is 0 Å². The van der Waals surface area contributed by atoms with Gasteiger partial charge in [0.2, 0.25) is 0 Å². The van der Waals surface area contributed by atoms with Crippen molar-refractivity contribution in [1.82, 2.24) is 0 Å². The molecule has 0 heterocycles. The quantitative estimate of drug-likeness (QED) is 0.727. The van der Waals surface area contributed by atoms with Gasteiger partial charge in [0, 0.05) is 0 Å². The van der Waals surface area contributed by atoms with Gasteiger partial charge >= 0.3 is 7.12 Å². The highest BCUT2D eigenvalue weighted by molar-refractivity contribution is 6.58. The van der Waals surface area contributed by atoms with E-state index in [0.29, 0.717) is 0 Å².